The number of ether oxygens (including phenoxy) is 1. The third kappa shape index (κ3) is 3.02. The molecule has 0 bridgehead atoms. The van der Waals surface area contributed by atoms with Crippen LogP contribution in [0.4, 0.5) is 0 Å². The lowest BCUT2D eigenvalue weighted by molar-refractivity contribution is 0.0536. The number of hydrogen-bond acceptors (Lipinski definition) is 4. The van der Waals surface area contributed by atoms with Crippen molar-refractivity contribution in [2.45, 2.75) is 31.9 Å². The molecule has 0 aliphatic heterocycles. The Hall–Kier alpha value is -1.10. The second-order valence-corrected chi connectivity index (χ2v) is 4.66. The monoisotopic (exact) mass is 251 g/mol. The molecule has 100 valence electrons. The Balaban J connectivity index is 2.00. The lowest BCUT2D eigenvalue weighted by Crippen LogP contribution is -2.21. The number of fused-ring (bicyclic) bond motifs is 1. The number of nitrogens with one attached hydrogen (secondary N) is 1. The van der Waals surface area contributed by atoms with Gasteiger partial charge in [0.05, 0.1) is 6.61 Å². The molecule has 0 heterocycles. The minimum absolute atomic E-state index is 0.131. The van der Waals surface area contributed by atoms with Crippen LogP contribution in [-0.4, -0.2) is 36.1 Å². The quantitative estimate of drug-likeness (QED) is 0.706. The smallest absolute Gasteiger partial charge is 0.119 e. The van der Waals surface area contributed by atoms with Crippen molar-refractivity contribution in [2.75, 3.05) is 19.8 Å². The molecule has 3 N–H and O–H groups in total. The van der Waals surface area contributed by atoms with Crippen LogP contribution < -0.4 is 10.1 Å². The Labute approximate surface area is 108 Å². The third-order valence-corrected chi connectivity index (χ3v) is 3.30. The van der Waals surface area contributed by atoms with E-state index >= 15 is 0 Å². The molecule has 4 nitrogen and oxygen atoms in total. The molecule has 0 radical (unpaired) electrons. The molecule has 4 heteroatoms. The highest BCUT2D eigenvalue weighted by Gasteiger charge is 2.21. The zero-order valence-corrected chi connectivity index (χ0v) is 10.7. The van der Waals surface area contributed by atoms with Gasteiger partial charge in [0, 0.05) is 6.04 Å². The summed E-state index contributed by atoms with van der Waals surface area (Å²) in [5.41, 5.74) is 2.67. The van der Waals surface area contributed by atoms with Crippen molar-refractivity contribution in [1.82, 2.24) is 5.32 Å². The van der Waals surface area contributed by atoms with Crippen molar-refractivity contribution >= 4 is 0 Å². The highest BCUT2D eigenvalue weighted by Crippen LogP contribution is 2.33. The maximum absolute atomic E-state index is 9.24. The van der Waals surface area contributed by atoms with Crippen LogP contribution >= 0.6 is 0 Å². The molecule has 2 unspecified atom stereocenters. The summed E-state index contributed by atoms with van der Waals surface area (Å²) >= 11 is 0. The molecule has 0 spiro atoms. The molecule has 1 aromatic carbocycles. The van der Waals surface area contributed by atoms with E-state index in [1.807, 2.05) is 12.1 Å². The van der Waals surface area contributed by atoms with Crippen molar-refractivity contribution in [2.24, 2.45) is 0 Å². The molecule has 0 fully saturated rings. The summed E-state index contributed by atoms with van der Waals surface area (Å²) in [6.07, 6.45) is 1.38. The van der Waals surface area contributed by atoms with Crippen LogP contribution in [-0.2, 0) is 6.42 Å². The third-order valence-electron chi connectivity index (χ3n) is 3.30. The molecule has 0 saturated heterocycles. The largest absolute Gasteiger partial charge is 0.491 e. The van der Waals surface area contributed by atoms with Crippen molar-refractivity contribution < 1.29 is 14.9 Å². The Morgan fingerprint density at radius 2 is 2.33 bits per heavy atom. The average molecular weight is 251 g/mol. The SMILES string of the molecule is CCNC1CCc2cc(OCC(O)CO)ccc21. The molecule has 1 aliphatic carbocycles. The Morgan fingerprint density at radius 1 is 1.50 bits per heavy atom. The van der Waals surface area contributed by atoms with Crippen molar-refractivity contribution in [3.05, 3.63) is 29.3 Å². The van der Waals surface area contributed by atoms with E-state index < -0.39 is 6.10 Å². The van der Waals surface area contributed by atoms with Crippen LogP contribution in [0.1, 0.15) is 30.5 Å². The Morgan fingerprint density at radius 3 is 3.06 bits per heavy atom. The number of aliphatic hydroxyl groups excluding tert-OH is 2. The summed E-state index contributed by atoms with van der Waals surface area (Å²) in [5, 5.41) is 21.4. The molecular formula is C14H21NO3. The second kappa shape index (κ2) is 6.18. The van der Waals surface area contributed by atoms with E-state index in [9.17, 15) is 5.11 Å². The van der Waals surface area contributed by atoms with Gasteiger partial charge < -0.3 is 20.3 Å². The minimum Gasteiger partial charge on any atom is -0.491 e. The molecule has 0 aromatic heterocycles. The molecular weight excluding hydrogens is 230 g/mol. The van der Waals surface area contributed by atoms with E-state index in [-0.39, 0.29) is 13.2 Å². The van der Waals surface area contributed by atoms with Gasteiger partial charge in [-0.25, -0.2) is 0 Å². The molecule has 0 saturated carbocycles. The van der Waals surface area contributed by atoms with E-state index in [0.29, 0.717) is 6.04 Å². The average Bonchev–Trinajstić information content (AvgIpc) is 2.79. The Bertz CT molecular complexity index is 395. The van der Waals surface area contributed by atoms with Gasteiger partial charge in [0.15, 0.2) is 0 Å². The van der Waals surface area contributed by atoms with Crippen LogP contribution in [0.25, 0.3) is 0 Å². The van der Waals surface area contributed by atoms with Crippen LogP contribution in [0.15, 0.2) is 18.2 Å². The molecule has 1 aliphatic rings. The lowest BCUT2D eigenvalue weighted by Gasteiger charge is -2.14. The van der Waals surface area contributed by atoms with Gasteiger partial charge in [-0.1, -0.05) is 13.0 Å². The minimum atomic E-state index is -0.812. The molecule has 0 amide bonds. The van der Waals surface area contributed by atoms with Gasteiger partial charge in [0.1, 0.15) is 18.5 Å². The van der Waals surface area contributed by atoms with Crippen LogP contribution in [0, 0.1) is 0 Å². The first-order valence-corrected chi connectivity index (χ1v) is 6.52. The standard InChI is InChI=1S/C14H21NO3/c1-2-15-14-6-3-10-7-12(4-5-13(10)14)18-9-11(17)8-16/h4-5,7,11,14-17H,2-3,6,8-9H2,1H3. The van der Waals surface area contributed by atoms with Gasteiger partial charge in [-0.05, 0) is 42.6 Å². The van der Waals surface area contributed by atoms with E-state index in [2.05, 4.69) is 18.3 Å². The summed E-state index contributed by atoms with van der Waals surface area (Å²) < 4.78 is 5.45. The Kier molecular flexibility index (Phi) is 4.58. The fourth-order valence-electron chi connectivity index (χ4n) is 2.39. The van der Waals surface area contributed by atoms with Gasteiger partial charge >= 0.3 is 0 Å². The lowest BCUT2D eigenvalue weighted by atomic mass is 10.1. The summed E-state index contributed by atoms with van der Waals surface area (Å²) in [4.78, 5) is 0. The van der Waals surface area contributed by atoms with Gasteiger partial charge in [0.25, 0.3) is 0 Å². The molecule has 1 aromatic rings. The fraction of sp³-hybridized carbons (Fsp3) is 0.571. The predicted molar refractivity (Wildman–Crippen MR) is 69.8 cm³/mol. The van der Waals surface area contributed by atoms with E-state index in [0.717, 1.165) is 25.1 Å². The number of aliphatic hydroxyl groups is 2. The highest BCUT2D eigenvalue weighted by atomic mass is 16.5. The summed E-state index contributed by atoms with van der Waals surface area (Å²) in [6.45, 7) is 2.95. The highest BCUT2D eigenvalue weighted by molar-refractivity contribution is 5.40. The maximum Gasteiger partial charge on any atom is 0.119 e. The molecule has 2 atom stereocenters. The normalized spacial score (nSPS) is 19.6. The zero-order valence-electron chi connectivity index (χ0n) is 10.7. The molecule has 18 heavy (non-hydrogen) atoms. The van der Waals surface area contributed by atoms with Crippen molar-refractivity contribution in [3.63, 3.8) is 0 Å². The summed E-state index contributed by atoms with van der Waals surface area (Å²) in [7, 11) is 0. The van der Waals surface area contributed by atoms with Crippen LogP contribution in [0.5, 0.6) is 5.75 Å². The van der Waals surface area contributed by atoms with Gasteiger partial charge in [0.2, 0.25) is 0 Å². The first-order valence-electron chi connectivity index (χ1n) is 6.52. The van der Waals surface area contributed by atoms with E-state index in [1.54, 1.807) is 0 Å². The van der Waals surface area contributed by atoms with Gasteiger partial charge in [-0.2, -0.15) is 0 Å². The predicted octanol–water partition coefficient (Wildman–Crippen LogP) is 1.02. The topological polar surface area (TPSA) is 61.7 Å². The maximum atomic E-state index is 9.24. The number of benzene rings is 1. The second-order valence-electron chi connectivity index (χ2n) is 4.66. The first kappa shape index (κ1) is 13.3. The van der Waals surface area contributed by atoms with E-state index in [1.165, 1.54) is 11.1 Å². The summed E-state index contributed by atoms with van der Waals surface area (Å²) in [5.74, 6) is 0.762. The van der Waals surface area contributed by atoms with Gasteiger partial charge in [-0.3, -0.25) is 0 Å². The van der Waals surface area contributed by atoms with E-state index in [4.69, 9.17) is 9.84 Å². The van der Waals surface area contributed by atoms with Crippen molar-refractivity contribution in [1.29, 1.82) is 0 Å². The fourth-order valence-corrected chi connectivity index (χ4v) is 2.39. The van der Waals surface area contributed by atoms with Gasteiger partial charge in [-0.15, -0.1) is 0 Å². The zero-order chi connectivity index (χ0) is 13.0. The number of aryl methyl sites for hydroxylation is 1. The summed E-state index contributed by atoms with van der Waals surface area (Å²) in [6, 6.07) is 6.52. The van der Waals surface area contributed by atoms with Crippen molar-refractivity contribution in [3.8, 4) is 5.75 Å². The number of hydrogen-bond donors (Lipinski definition) is 3. The number of rotatable bonds is 6. The van der Waals surface area contributed by atoms with Crippen LogP contribution in [0.2, 0.25) is 0 Å². The van der Waals surface area contributed by atoms with Crippen LogP contribution in [0.3, 0.4) is 0 Å². The molecule has 2 rings (SSSR count). The first-order chi connectivity index (χ1) is 8.74.